The van der Waals surface area contributed by atoms with E-state index in [0.29, 0.717) is 0 Å². The molecule has 2 aromatic carbocycles. The largest absolute Gasteiger partial charge is 0.393 e. The van der Waals surface area contributed by atoms with Gasteiger partial charge in [0.05, 0.1) is 12.8 Å². The van der Waals surface area contributed by atoms with E-state index in [9.17, 15) is 9.59 Å². The van der Waals surface area contributed by atoms with E-state index in [0.717, 1.165) is 22.3 Å². The zero-order valence-electron chi connectivity index (χ0n) is 14.6. The molecule has 0 amide bonds. The van der Waals surface area contributed by atoms with E-state index in [1.165, 1.54) is 0 Å². The molecule has 0 spiro atoms. The van der Waals surface area contributed by atoms with Crippen molar-refractivity contribution in [2.75, 3.05) is 0 Å². The summed E-state index contributed by atoms with van der Waals surface area (Å²) in [5.74, 6) is -1.05. The van der Waals surface area contributed by atoms with Gasteiger partial charge in [-0.3, -0.25) is 9.59 Å². The first-order valence-electron chi connectivity index (χ1n) is 8.21. The van der Waals surface area contributed by atoms with Gasteiger partial charge in [0.25, 0.3) is 0 Å². The number of benzene rings is 2. The van der Waals surface area contributed by atoms with Crippen molar-refractivity contribution in [1.82, 2.24) is 0 Å². The molecule has 0 radical (unpaired) electrons. The molecule has 0 unspecified atom stereocenters. The molecule has 0 heterocycles. The van der Waals surface area contributed by atoms with Gasteiger partial charge in [0.2, 0.25) is 0 Å². The highest BCUT2D eigenvalue weighted by Crippen LogP contribution is 2.12. The van der Waals surface area contributed by atoms with Gasteiger partial charge in [-0.2, -0.15) is 0 Å². The Labute approximate surface area is 148 Å². The van der Waals surface area contributed by atoms with E-state index in [2.05, 4.69) is 0 Å². The van der Waals surface area contributed by atoms with Crippen molar-refractivity contribution >= 4 is 24.1 Å². The average molecular weight is 334 g/mol. The Kier molecular flexibility index (Phi) is 6.90. The predicted octanol–water partition coefficient (Wildman–Crippen LogP) is 5.04. The normalized spacial score (nSPS) is 11.9. The second-order valence-electron chi connectivity index (χ2n) is 6.00. The first kappa shape index (κ1) is 18.4. The third-order valence-electron chi connectivity index (χ3n) is 3.50. The monoisotopic (exact) mass is 334 g/mol. The van der Waals surface area contributed by atoms with Gasteiger partial charge in [-0.1, -0.05) is 84.0 Å². The molecule has 0 saturated carbocycles. The molecule has 128 valence electrons. The lowest BCUT2D eigenvalue weighted by molar-refractivity contribution is -0.158. The van der Waals surface area contributed by atoms with Crippen molar-refractivity contribution < 1.29 is 14.3 Å². The summed E-state index contributed by atoms with van der Waals surface area (Å²) in [5.41, 5.74) is 3.72. The molecule has 2 rings (SSSR count). The van der Waals surface area contributed by atoms with Crippen LogP contribution in [0.2, 0.25) is 0 Å². The quantitative estimate of drug-likeness (QED) is 0.549. The molecule has 0 saturated heterocycles. The van der Waals surface area contributed by atoms with Crippen LogP contribution < -0.4 is 0 Å². The van der Waals surface area contributed by atoms with Crippen LogP contribution in [-0.2, 0) is 14.3 Å². The first-order valence-corrected chi connectivity index (χ1v) is 8.21. The summed E-state index contributed by atoms with van der Waals surface area (Å²) in [7, 11) is 0. The van der Waals surface area contributed by atoms with Crippen LogP contribution in [0.15, 0.2) is 71.8 Å². The Hall–Kier alpha value is -2.94. The summed E-state index contributed by atoms with van der Waals surface area (Å²) in [6.07, 6.45) is 4.02. The van der Waals surface area contributed by atoms with Gasteiger partial charge in [-0.05, 0) is 25.0 Å². The van der Waals surface area contributed by atoms with Gasteiger partial charge in [-0.25, -0.2) is 0 Å². The highest BCUT2D eigenvalue weighted by molar-refractivity contribution is 5.88. The van der Waals surface area contributed by atoms with Gasteiger partial charge in [-0.15, -0.1) is 0 Å². The lowest BCUT2D eigenvalue weighted by atomic mass is 10.1. The highest BCUT2D eigenvalue weighted by Gasteiger charge is 2.11. The van der Waals surface area contributed by atoms with Crippen LogP contribution >= 0.6 is 0 Å². The molecule has 0 aliphatic rings. The van der Waals surface area contributed by atoms with Crippen molar-refractivity contribution in [1.29, 1.82) is 0 Å². The summed E-state index contributed by atoms with van der Waals surface area (Å²) in [4.78, 5) is 23.8. The Morgan fingerprint density at radius 1 is 0.720 bits per heavy atom. The molecule has 2 aromatic rings. The molecule has 25 heavy (non-hydrogen) atoms. The number of carbonyl (C=O) groups excluding carboxylic acids is 2. The van der Waals surface area contributed by atoms with Gasteiger partial charge in [0.1, 0.15) is 0 Å². The molecule has 0 aromatic heterocycles. The fourth-order valence-corrected chi connectivity index (χ4v) is 2.42. The minimum Gasteiger partial charge on any atom is -0.393 e. The van der Waals surface area contributed by atoms with Crippen molar-refractivity contribution in [3.63, 3.8) is 0 Å². The minimum atomic E-state index is -0.526. The molecule has 3 heteroatoms. The fraction of sp³-hybridized carbons (Fsp3) is 0.182. The van der Waals surface area contributed by atoms with Crippen molar-refractivity contribution in [3.8, 4) is 0 Å². The van der Waals surface area contributed by atoms with Crippen molar-refractivity contribution in [2.24, 2.45) is 0 Å². The third kappa shape index (κ3) is 7.00. The number of carbonyl (C=O) groups is 2. The third-order valence-corrected chi connectivity index (χ3v) is 3.50. The summed E-state index contributed by atoms with van der Waals surface area (Å²) in [6.45, 7) is 3.69. The second kappa shape index (κ2) is 9.38. The lowest BCUT2D eigenvalue weighted by Crippen LogP contribution is -2.12. The number of hydrogen-bond acceptors (Lipinski definition) is 3. The second-order valence-corrected chi connectivity index (χ2v) is 6.00. The van der Waals surface area contributed by atoms with Crippen molar-refractivity contribution in [3.05, 3.63) is 82.9 Å². The zero-order chi connectivity index (χ0) is 18.1. The Balaban J connectivity index is 1.84. The summed E-state index contributed by atoms with van der Waals surface area (Å²) in [6, 6.07) is 19.4. The van der Waals surface area contributed by atoms with Crippen LogP contribution in [0.5, 0.6) is 0 Å². The number of esters is 2. The molecular weight excluding hydrogens is 312 g/mol. The fourth-order valence-electron chi connectivity index (χ4n) is 2.42. The molecule has 0 aliphatic heterocycles. The van der Waals surface area contributed by atoms with E-state index >= 15 is 0 Å². The van der Waals surface area contributed by atoms with E-state index < -0.39 is 11.9 Å². The van der Waals surface area contributed by atoms with Crippen LogP contribution in [0, 0.1) is 0 Å². The highest BCUT2D eigenvalue weighted by atomic mass is 16.6. The topological polar surface area (TPSA) is 43.4 Å². The van der Waals surface area contributed by atoms with Crippen LogP contribution in [0.4, 0.5) is 0 Å². The van der Waals surface area contributed by atoms with E-state index in [1.807, 2.05) is 86.7 Å². The lowest BCUT2D eigenvalue weighted by Gasteiger charge is -2.04. The Bertz CT molecular complexity index is 704. The van der Waals surface area contributed by atoms with E-state index in [4.69, 9.17) is 4.74 Å². The van der Waals surface area contributed by atoms with Crippen molar-refractivity contribution in [2.45, 2.75) is 26.7 Å². The average Bonchev–Trinajstić information content (AvgIpc) is 2.55. The maximum atomic E-state index is 11.9. The maximum Gasteiger partial charge on any atom is 0.317 e. The molecule has 0 bridgehead atoms. The standard InChI is InChI=1S/C22H22O3/c1-17(13-19-9-5-3-6-10-19)15-21(23)25-22(24)16-18(2)14-20-11-7-4-8-12-20/h3-14H,15-16H2,1-2H3. The van der Waals surface area contributed by atoms with E-state index in [-0.39, 0.29) is 12.8 Å². The van der Waals surface area contributed by atoms with Crippen LogP contribution in [0.25, 0.3) is 12.2 Å². The summed E-state index contributed by atoms with van der Waals surface area (Å²) >= 11 is 0. The van der Waals surface area contributed by atoms with Gasteiger partial charge < -0.3 is 4.74 Å². The minimum absolute atomic E-state index is 0.0993. The molecule has 0 aliphatic carbocycles. The molecule has 0 atom stereocenters. The smallest absolute Gasteiger partial charge is 0.317 e. The van der Waals surface area contributed by atoms with E-state index in [1.54, 1.807) is 0 Å². The summed E-state index contributed by atoms with van der Waals surface area (Å²) in [5, 5.41) is 0. The molecule has 0 N–H and O–H groups in total. The zero-order valence-corrected chi connectivity index (χ0v) is 14.6. The van der Waals surface area contributed by atoms with Crippen LogP contribution in [-0.4, -0.2) is 11.9 Å². The number of rotatable bonds is 6. The first-order chi connectivity index (χ1) is 12.0. The maximum absolute atomic E-state index is 11.9. The molecular formula is C22H22O3. The van der Waals surface area contributed by atoms with Gasteiger partial charge >= 0.3 is 11.9 Å². The number of hydrogen-bond donors (Lipinski definition) is 0. The van der Waals surface area contributed by atoms with Gasteiger partial charge in [0, 0.05) is 0 Å². The predicted molar refractivity (Wildman–Crippen MR) is 101 cm³/mol. The Morgan fingerprint density at radius 2 is 1.08 bits per heavy atom. The molecule has 0 fully saturated rings. The number of ether oxygens (including phenoxy) is 1. The van der Waals surface area contributed by atoms with Crippen LogP contribution in [0.1, 0.15) is 37.8 Å². The van der Waals surface area contributed by atoms with Gasteiger partial charge in [0.15, 0.2) is 0 Å². The molecule has 3 nitrogen and oxygen atoms in total. The SMILES string of the molecule is CC(=Cc1ccccc1)CC(=O)OC(=O)CC(C)=Cc1ccccc1. The Morgan fingerprint density at radius 3 is 1.44 bits per heavy atom. The van der Waals surface area contributed by atoms with Crippen LogP contribution in [0.3, 0.4) is 0 Å². The summed E-state index contributed by atoms with van der Waals surface area (Å²) < 4.78 is 4.91.